The van der Waals surface area contributed by atoms with E-state index in [1.54, 1.807) is 11.1 Å². The number of nitrogens with one attached hydrogen (secondary N) is 1. The fraction of sp³-hybridized carbons (Fsp3) is 0.625. The van der Waals surface area contributed by atoms with Gasteiger partial charge in [-0.15, -0.1) is 11.6 Å². The van der Waals surface area contributed by atoms with E-state index in [1.807, 2.05) is 0 Å². The molecule has 1 aromatic carbocycles. The Morgan fingerprint density at radius 2 is 2.11 bits per heavy atom. The second kappa shape index (κ2) is 6.58. The second-order valence-corrected chi connectivity index (χ2v) is 5.93. The molecule has 1 aliphatic rings. The molecule has 1 aliphatic carbocycles. The van der Waals surface area contributed by atoms with Crippen LogP contribution in [0.15, 0.2) is 24.3 Å². The molecule has 3 atom stereocenters. The molecule has 3 unspecified atom stereocenters. The molecule has 0 radical (unpaired) electrons. The van der Waals surface area contributed by atoms with Crippen LogP contribution in [0.5, 0.6) is 0 Å². The fourth-order valence-electron chi connectivity index (χ4n) is 2.73. The highest BCUT2D eigenvalue weighted by Gasteiger charge is 2.20. The lowest BCUT2D eigenvalue weighted by Gasteiger charge is -2.28. The third-order valence-corrected chi connectivity index (χ3v) is 4.76. The smallest absolute Gasteiger partial charge is 0.0263 e. The number of halogens is 1. The van der Waals surface area contributed by atoms with Crippen LogP contribution in [0.25, 0.3) is 0 Å². The quantitative estimate of drug-likeness (QED) is 0.795. The van der Waals surface area contributed by atoms with Gasteiger partial charge in [0, 0.05) is 18.5 Å². The third-order valence-electron chi connectivity index (χ3n) is 4.28. The summed E-state index contributed by atoms with van der Waals surface area (Å²) in [6.07, 6.45) is 3.88. The zero-order valence-electron chi connectivity index (χ0n) is 11.5. The van der Waals surface area contributed by atoms with Gasteiger partial charge in [-0.3, -0.25) is 0 Å². The van der Waals surface area contributed by atoms with Crippen molar-refractivity contribution in [1.29, 1.82) is 0 Å². The lowest BCUT2D eigenvalue weighted by molar-refractivity contribution is 0.400. The molecule has 18 heavy (non-hydrogen) atoms. The highest BCUT2D eigenvalue weighted by molar-refractivity contribution is 6.18. The average molecular weight is 266 g/mol. The lowest BCUT2D eigenvalue weighted by Crippen LogP contribution is -2.36. The van der Waals surface area contributed by atoms with Gasteiger partial charge in [-0.2, -0.15) is 0 Å². The summed E-state index contributed by atoms with van der Waals surface area (Å²) in [4.78, 5) is 0. The molecule has 1 N–H and O–H groups in total. The van der Waals surface area contributed by atoms with E-state index in [1.165, 1.54) is 19.3 Å². The molecule has 0 aliphatic heterocycles. The Kier molecular flexibility index (Phi) is 5.08. The third kappa shape index (κ3) is 3.27. The molecule has 0 aromatic heterocycles. The molecular formula is C16H24ClN. The van der Waals surface area contributed by atoms with Crippen molar-refractivity contribution in [3.63, 3.8) is 0 Å². The van der Waals surface area contributed by atoms with Gasteiger partial charge in [0.2, 0.25) is 0 Å². The molecule has 2 rings (SSSR count). The molecule has 100 valence electrons. The van der Waals surface area contributed by atoms with Gasteiger partial charge in [0.05, 0.1) is 0 Å². The maximum Gasteiger partial charge on any atom is 0.0263 e. The van der Waals surface area contributed by atoms with Crippen LogP contribution in [0.2, 0.25) is 0 Å². The Morgan fingerprint density at radius 3 is 2.89 bits per heavy atom. The van der Waals surface area contributed by atoms with Crippen LogP contribution in [-0.2, 0) is 6.42 Å². The number of alkyl halides is 1. The van der Waals surface area contributed by atoms with Crippen LogP contribution in [0.1, 0.15) is 43.7 Å². The predicted molar refractivity (Wildman–Crippen MR) is 79.5 cm³/mol. The van der Waals surface area contributed by atoms with Gasteiger partial charge in [-0.1, -0.05) is 31.2 Å². The van der Waals surface area contributed by atoms with Gasteiger partial charge in [0.15, 0.2) is 0 Å². The number of hydrogen-bond acceptors (Lipinski definition) is 1. The van der Waals surface area contributed by atoms with Crippen LogP contribution in [-0.4, -0.2) is 18.5 Å². The highest BCUT2D eigenvalue weighted by atomic mass is 35.5. The molecule has 0 amide bonds. The Balaban J connectivity index is 1.95. The van der Waals surface area contributed by atoms with E-state index in [2.05, 4.69) is 43.4 Å². The topological polar surface area (TPSA) is 12.0 Å². The van der Waals surface area contributed by atoms with E-state index >= 15 is 0 Å². The summed E-state index contributed by atoms with van der Waals surface area (Å²) in [6.45, 7) is 5.53. The summed E-state index contributed by atoms with van der Waals surface area (Å²) in [5.74, 6) is 1.94. The Morgan fingerprint density at radius 1 is 1.33 bits per heavy atom. The molecule has 0 bridgehead atoms. The number of rotatable bonds is 5. The maximum atomic E-state index is 5.91. The summed E-state index contributed by atoms with van der Waals surface area (Å²) >= 11 is 5.91. The first-order valence-electron chi connectivity index (χ1n) is 7.09. The van der Waals surface area contributed by atoms with Crippen molar-refractivity contribution in [3.8, 4) is 0 Å². The lowest BCUT2D eigenvalue weighted by atomic mass is 9.82. The van der Waals surface area contributed by atoms with E-state index < -0.39 is 0 Å². The van der Waals surface area contributed by atoms with Crippen molar-refractivity contribution < 1.29 is 0 Å². The highest BCUT2D eigenvalue weighted by Crippen LogP contribution is 2.30. The summed E-state index contributed by atoms with van der Waals surface area (Å²) < 4.78 is 0. The fourth-order valence-corrected chi connectivity index (χ4v) is 3.00. The van der Waals surface area contributed by atoms with Gasteiger partial charge in [0.1, 0.15) is 0 Å². The van der Waals surface area contributed by atoms with E-state index in [0.29, 0.717) is 17.9 Å². The van der Waals surface area contributed by atoms with Crippen LogP contribution < -0.4 is 5.32 Å². The van der Waals surface area contributed by atoms with Gasteiger partial charge in [-0.25, -0.2) is 0 Å². The number of benzene rings is 1. The van der Waals surface area contributed by atoms with Gasteiger partial charge in [-0.05, 0) is 49.1 Å². The Bertz CT molecular complexity index is 377. The Labute approximate surface area is 116 Å². The monoisotopic (exact) mass is 265 g/mol. The van der Waals surface area contributed by atoms with Crippen molar-refractivity contribution in [2.45, 2.75) is 45.1 Å². The van der Waals surface area contributed by atoms with E-state index in [9.17, 15) is 0 Å². The number of aryl methyl sites for hydroxylation is 1. The van der Waals surface area contributed by atoms with E-state index in [4.69, 9.17) is 11.6 Å². The van der Waals surface area contributed by atoms with Crippen molar-refractivity contribution in [3.05, 3.63) is 35.4 Å². The second-order valence-electron chi connectivity index (χ2n) is 5.62. The van der Waals surface area contributed by atoms with Gasteiger partial charge < -0.3 is 5.32 Å². The van der Waals surface area contributed by atoms with Gasteiger partial charge >= 0.3 is 0 Å². The van der Waals surface area contributed by atoms with Crippen molar-refractivity contribution in [2.75, 3.05) is 12.4 Å². The molecule has 0 spiro atoms. The van der Waals surface area contributed by atoms with Gasteiger partial charge in [0.25, 0.3) is 0 Å². The molecule has 1 nitrogen and oxygen atoms in total. The first kappa shape index (κ1) is 13.9. The molecule has 0 fully saturated rings. The summed E-state index contributed by atoms with van der Waals surface area (Å²) in [6, 6.07) is 9.41. The van der Waals surface area contributed by atoms with Crippen LogP contribution in [0.3, 0.4) is 0 Å². The SMILES string of the molecule is CC(CCl)C(C)NCC1CCCc2ccccc21. The molecular weight excluding hydrogens is 242 g/mol. The zero-order valence-corrected chi connectivity index (χ0v) is 12.2. The largest absolute Gasteiger partial charge is 0.313 e. The molecule has 0 saturated heterocycles. The summed E-state index contributed by atoms with van der Waals surface area (Å²) in [7, 11) is 0. The predicted octanol–water partition coefficient (Wildman–Crippen LogP) is 3.96. The molecule has 1 aromatic rings. The van der Waals surface area contributed by atoms with E-state index in [0.717, 1.165) is 12.4 Å². The minimum absolute atomic E-state index is 0.497. The maximum absolute atomic E-state index is 5.91. The standard InChI is InChI=1S/C16H24ClN/c1-12(10-17)13(2)18-11-15-8-5-7-14-6-3-4-9-16(14)15/h3-4,6,9,12-13,15,18H,5,7-8,10-11H2,1-2H3. The molecule has 0 saturated carbocycles. The summed E-state index contributed by atoms with van der Waals surface area (Å²) in [5, 5.41) is 3.66. The normalized spacial score (nSPS) is 22.3. The van der Waals surface area contributed by atoms with Crippen molar-refractivity contribution in [1.82, 2.24) is 5.32 Å². The minimum Gasteiger partial charge on any atom is -0.313 e. The van der Waals surface area contributed by atoms with Crippen LogP contribution in [0, 0.1) is 5.92 Å². The van der Waals surface area contributed by atoms with Crippen molar-refractivity contribution >= 4 is 11.6 Å². The Hall–Kier alpha value is -0.530. The average Bonchev–Trinajstić information content (AvgIpc) is 2.43. The number of fused-ring (bicyclic) bond motifs is 1. The number of hydrogen-bond donors (Lipinski definition) is 1. The van der Waals surface area contributed by atoms with Crippen molar-refractivity contribution in [2.24, 2.45) is 5.92 Å². The summed E-state index contributed by atoms with van der Waals surface area (Å²) in [5.41, 5.74) is 3.11. The van der Waals surface area contributed by atoms with E-state index in [-0.39, 0.29) is 0 Å². The molecule has 0 heterocycles. The first-order valence-corrected chi connectivity index (χ1v) is 7.63. The van der Waals surface area contributed by atoms with Crippen LogP contribution >= 0.6 is 11.6 Å². The van der Waals surface area contributed by atoms with Crippen LogP contribution in [0.4, 0.5) is 0 Å². The molecule has 2 heteroatoms. The zero-order chi connectivity index (χ0) is 13.0. The first-order chi connectivity index (χ1) is 8.72. The minimum atomic E-state index is 0.497.